The van der Waals surface area contributed by atoms with Crippen LogP contribution in [0.15, 0.2) is 35.2 Å². The van der Waals surface area contributed by atoms with Gasteiger partial charge in [-0.2, -0.15) is 14.8 Å². The zero-order valence-electron chi connectivity index (χ0n) is 26.3. The summed E-state index contributed by atoms with van der Waals surface area (Å²) in [5.74, 6) is 0. The average Bonchev–Trinajstić information content (AvgIpc) is 2.89. The molecule has 0 atom stereocenters. The van der Waals surface area contributed by atoms with Gasteiger partial charge in [0.2, 0.25) is 0 Å². The van der Waals surface area contributed by atoms with E-state index in [1.54, 1.807) is 30.3 Å². The zero-order chi connectivity index (χ0) is 29.7. The van der Waals surface area contributed by atoms with E-state index in [1.165, 1.54) is 109 Å². The van der Waals surface area contributed by atoms with Crippen molar-refractivity contribution in [3.05, 3.63) is 37.3 Å². The Balaban J connectivity index is -0.000000305. The second-order valence-electron chi connectivity index (χ2n) is 9.86. The zero-order valence-corrected chi connectivity index (χ0v) is 32.2. The standard InChI is InChI=1S/C18H30O3S.C12H25.Ca.Na.H2O4S/c1-2-3-4-5-6-7-8-9-10-14-17-21-22(19,20)18-15-12-11-13-16-18;1-3-5-7-9-11-12-10-8-6-4-2;;;1-5(2,3)4/h11-13,15-16H,2-10,14,17H2,1H3;1,3-12H2,2H3;;;(H2,1,2,3,4)/q;-1;+2;+1;/p-2. The Hall–Kier alpha value is 1.26. The molecule has 7 nitrogen and oxygen atoms in total. The first-order valence-electron chi connectivity index (χ1n) is 15.0. The largest absolute Gasteiger partial charge is 2.00 e. The van der Waals surface area contributed by atoms with Crippen LogP contribution in [0.4, 0.5) is 0 Å². The third kappa shape index (κ3) is 43.4. The molecule has 0 unspecified atom stereocenters. The first-order valence-corrected chi connectivity index (χ1v) is 17.7. The third-order valence-corrected chi connectivity index (χ3v) is 7.45. The fourth-order valence-corrected chi connectivity index (χ4v) is 4.86. The number of unbranched alkanes of at least 4 members (excludes halogenated alkanes) is 18. The molecule has 1 rings (SSSR count). The monoisotopic (exact) mass is 654 g/mol. The summed E-state index contributed by atoms with van der Waals surface area (Å²) in [6, 6.07) is 8.33. The van der Waals surface area contributed by atoms with E-state index in [9.17, 15) is 8.42 Å². The minimum absolute atomic E-state index is 0. The maximum Gasteiger partial charge on any atom is 2.00 e. The summed E-state index contributed by atoms with van der Waals surface area (Å²) in [7, 11) is -8.74. The number of benzene rings is 1. The minimum Gasteiger partial charge on any atom is -0.759 e. The molecule has 0 bridgehead atoms. The fourth-order valence-electron chi connectivity index (χ4n) is 3.90. The molecule has 0 saturated heterocycles. The first kappa shape index (κ1) is 49.1. The van der Waals surface area contributed by atoms with Gasteiger partial charge in [-0.25, -0.2) is 0 Å². The molecule has 1 aromatic rings. The quantitative estimate of drug-likeness (QED) is 0.0413. The van der Waals surface area contributed by atoms with Crippen LogP contribution in [0.5, 0.6) is 0 Å². The molecule has 0 aliphatic heterocycles. The van der Waals surface area contributed by atoms with Gasteiger partial charge in [0.1, 0.15) is 0 Å². The summed E-state index contributed by atoms with van der Waals surface area (Å²) in [5.41, 5.74) is 0. The van der Waals surface area contributed by atoms with Gasteiger partial charge in [-0.3, -0.25) is 12.6 Å². The fraction of sp³-hybridized carbons (Fsp3) is 0.767. The van der Waals surface area contributed by atoms with Crippen LogP contribution in [-0.4, -0.2) is 70.3 Å². The summed E-state index contributed by atoms with van der Waals surface area (Å²) < 4.78 is 62.9. The van der Waals surface area contributed by atoms with Gasteiger partial charge in [0, 0.05) is 10.4 Å². The maximum atomic E-state index is 11.9. The molecular weight excluding hydrogens is 600 g/mol. The van der Waals surface area contributed by atoms with Gasteiger partial charge in [-0.1, -0.05) is 148 Å². The average molecular weight is 655 g/mol. The van der Waals surface area contributed by atoms with Crippen molar-refractivity contribution in [2.45, 2.75) is 147 Å². The Morgan fingerprint density at radius 1 is 0.610 bits per heavy atom. The van der Waals surface area contributed by atoms with E-state index in [0.29, 0.717) is 0 Å². The van der Waals surface area contributed by atoms with E-state index >= 15 is 0 Å². The van der Waals surface area contributed by atoms with Gasteiger partial charge in [-0.15, -0.1) is 0 Å². The van der Waals surface area contributed by atoms with Gasteiger partial charge >= 0.3 is 67.3 Å². The molecule has 41 heavy (non-hydrogen) atoms. The van der Waals surface area contributed by atoms with E-state index in [1.807, 2.05) is 0 Å². The van der Waals surface area contributed by atoms with Gasteiger partial charge in [0.05, 0.1) is 11.5 Å². The predicted molar refractivity (Wildman–Crippen MR) is 165 cm³/mol. The molecule has 0 fully saturated rings. The van der Waals surface area contributed by atoms with Crippen molar-refractivity contribution in [1.82, 2.24) is 0 Å². The smallest absolute Gasteiger partial charge is 0.759 e. The van der Waals surface area contributed by atoms with Crippen molar-refractivity contribution in [3.8, 4) is 0 Å². The first-order chi connectivity index (χ1) is 18.6. The topological polar surface area (TPSA) is 124 Å². The molecule has 232 valence electrons. The predicted octanol–water partition coefficient (Wildman–Crippen LogP) is 5.34. The molecule has 0 N–H and O–H groups in total. The van der Waals surface area contributed by atoms with Crippen LogP contribution in [0.25, 0.3) is 0 Å². The summed E-state index contributed by atoms with van der Waals surface area (Å²) in [6.07, 6.45) is 26.1. The molecule has 0 aliphatic carbocycles. The van der Waals surface area contributed by atoms with Crippen LogP contribution in [0.2, 0.25) is 0 Å². The molecule has 0 spiro atoms. The third-order valence-electron chi connectivity index (χ3n) is 6.12. The van der Waals surface area contributed by atoms with Gasteiger partial charge in [0.25, 0.3) is 10.1 Å². The Morgan fingerprint density at radius 3 is 1.27 bits per heavy atom. The maximum absolute atomic E-state index is 11.9. The molecule has 11 heteroatoms. The molecule has 0 saturated carbocycles. The SMILES string of the molecule is CCCCCCCCCCCCOS(=O)(=O)c1ccccc1.O=S(=O)([O-])[O-].[CH2-]CCCCCCCCCCC.[Ca+2].[Na+]. The molecular formula is C30H55CaNaO7S2. The van der Waals surface area contributed by atoms with Crippen LogP contribution >= 0.6 is 0 Å². The molecule has 0 amide bonds. The Bertz CT molecular complexity index is 822. The van der Waals surface area contributed by atoms with Crippen molar-refractivity contribution in [2.75, 3.05) is 6.61 Å². The summed E-state index contributed by atoms with van der Waals surface area (Å²) in [5, 5.41) is 0. The second-order valence-corrected chi connectivity index (χ2v) is 12.3. The van der Waals surface area contributed by atoms with Crippen molar-refractivity contribution in [1.29, 1.82) is 0 Å². The minimum atomic E-state index is -5.17. The van der Waals surface area contributed by atoms with Gasteiger partial charge in [-0.05, 0) is 18.6 Å². The number of rotatable bonds is 22. The van der Waals surface area contributed by atoms with Crippen molar-refractivity contribution in [3.63, 3.8) is 0 Å². The van der Waals surface area contributed by atoms with Crippen LogP contribution < -0.4 is 29.6 Å². The van der Waals surface area contributed by atoms with E-state index < -0.39 is 20.5 Å². The summed E-state index contributed by atoms with van der Waals surface area (Å²) >= 11 is 0. The van der Waals surface area contributed by atoms with E-state index in [4.69, 9.17) is 21.7 Å². The van der Waals surface area contributed by atoms with Crippen molar-refractivity contribution >= 4 is 58.3 Å². The van der Waals surface area contributed by atoms with Crippen LogP contribution in [-0.2, 0) is 24.7 Å². The van der Waals surface area contributed by atoms with Crippen molar-refractivity contribution < 1.29 is 59.7 Å². The van der Waals surface area contributed by atoms with Gasteiger partial charge in [0.15, 0.2) is 0 Å². The van der Waals surface area contributed by atoms with Crippen molar-refractivity contribution in [2.24, 2.45) is 0 Å². The second kappa shape index (κ2) is 35.7. The molecule has 0 heterocycles. The van der Waals surface area contributed by atoms with Crippen LogP contribution in [0.1, 0.15) is 142 Å². The van der Waals surface area contributed by atoms with Gasteiger partial charge < -0.3 is 16.0 Å². The Morgan fingerprint density at radius 2 is 0.927 bits per heavy atom. The Kier molecular flexibility index (Phi) is 42.8. The number of hydrogen-bond acceptors (Lipinski definition) is 7. The Labute approximate surface area is 305 Å². The van der Waals surface area contributed by atoms with Crippen LogP contribution in [0.3, 0.4) is 0 Å². The molecule has 0 radical (unpaired) electrons. The van der Waals surface area contributed by atoms with Crippen LogP contribution in [0, 0.1) is 6.92 Å². The molecule has 0 aliphatic rings. The molecule has 1 aromatic carbocycles. The molecule has 0 aromatic heterocycles. The van der Waals surface area contributed by atoms with E-state index in [-0.39, 0.29) is 78.8 Å². The van der Waals surface area contributed by atoms with E-state index in [2.05, 4.69) is 20.8 Å². The van der Waals surface area contributed by atoms with E-state index in [0.717, 1.165) is 19.3 Å². The summed E-state index contributed by atoms with van der Waals surface area (Å²) in [6.45, 7) is 8.64. The number of hydrogen-bond donors (Lipinski definition) is 0. The normalized spacial score (nSPS) is 10.8. The summed E-state index contributed by atoms with van der Waals surface area (Å²) in [4.78, 5) is 0.238.